The summed E-state index contributed by atoms with van der Waals surface area (Å²) in [4.78, 5) is 0. The first kappa shape index (κ1) is 6.68. The van der Waals surface area contributed by atoms with E-state index in [-0.39, 0.29) is 0 Å². The molecule has 0 radical (unpaired) electrons. The van der Waals surface area contributed by atoms with Crippen molar-refractivity contribution in [2.45, 2.75) is 13.5 Å². The molecular weight excluding hydrogens is 136 g/mol. The van der Waals surface area contributed by atoms with Crippen molar-refractivity contribution in [2.24, 2.45) is 0 Å². The number of para-hydroxylation sites is 1. The van der Waals surface area contributed by atoms with E-state index in [2.05, 4.69) is 41.6 Å². The van der Waals surface area contributed by atoms with Gasteiger partial charge in [0, 0.05) is 13.1 Å². The first-order valence-electron chi connectivity index (χ1n) is 4.01. The van der Waals surface area contributed by atoms with Crippen molar-refractivity contribution in [3.63, 3.8) is 0 Å². The standard InChI is InChI=1S/C9H12N2/c1-2-11-9-6-4-3-5-8(9)7-10-11/h3-6,10H,2,7H2,1H3. The van der Waals surface area contributed by atoms with Gasteiger partial charge in [0.15, 0.2) is 0 Å². The molecule has 2 nitrogen and oxygen atoms in total. The smallest absolute Gasteiger partial charge is 0.0565 e. The lowest BCUT2D eigenvalue weighted by Crippen LogP contribution is -2.31. The predicted molar refractivity (Wildman–Crippen MR) is 46.3 cm³/mol. The zero-order valence-electron chi connectivity index (χ0n) is 6.67. The van der Waals surface area contributed by atoms with Crippen LogP contribution in [0.1, 0.15) is 12.5 Å². The molecule has 2 heteroatoms. The second-order valence-corrected chi connectivity index (χ2v) is 2.71. The number of hydrogen-bond donors (Lipinski definition) is 1. The third-order valence-corrected chi connectivity index (χ3v) is 2.06. The van der Waals surface area contributed by atoms with Crippen LogP contribution in [0.5, 0.6) is 0 Å². The molecule has 0 aromatic heterocycles. The second kappa shape index (κ2) is 2.55. The third kappa shape index (κ3) is 0.994. The first-order chi connectivity index (χ1) is 5.42. The van der Waals surface area contributed by atoms with Gasteiger partial charge in [-0.3, -0.25) is 0 Å². The molecule has 0 saturated heterocycles. The Kier molecular flexibility index (Phi) is 1.55. The lowest BCUT2D eigenvalue weighted by atomic mass is 10.2. The molecule has 0 unspecified atom stereocenters. The molecule has 0 bridgehead atoms. The zero-order chi connectivity index (χ0) is 7.68. The first-order valence-corrected chi connectivity index (χ1v) is 4.01. The van der Waals surface area contributed by atoms with Gasteiger partial charge in [0.05, 0.1) is 5.69 Å². The van der Waals surface area contributed by atoms with Gasteiger partial charge in [-0.25, -0.2) is 5.43 Å². The molecule has 1 heterocycles. The van der Waals surface area contributed by atoms with Gasteiger partial charge in [-0.2, -0.15) is 0 Å². The van der Waals surface area contributed by atoms with Crippen LogP contribution < -0.4 is 10.4 Å². The van der Waals surface area contributed by atoms with Gasteiger partial charge < -0.3 is 5.01 Å². The SMILES string of the molecule is CCN1NCc2ccccc21. The average molecular weight is 148 g/mol. The predicted octanol–water partition coefficient (Wildman–Crippen LogP) is 1.53. The van der Waals surface area contributed by atoms with Crippen molar-refractivity contribution >= 4 is 5.69 Å². The Labute approximate surface area is 66.8 Å². The van der Waals surface area contributed by atoms with E-state index in [1.807, 2.05) is 0 Å². The summed E-state index contributed by atoms with van der Waals surface area (Å²) in [6, 6.07) is 8.48. The Morgan fingerprint density at radius 1 is 1.45 bits per heavy atom. The third-order valence-electron chi connectivity index (χ3n) is 2.06. The summed E-state index contributed by atoms with van der Waals surface area (Å²) in [6.07, 6.45) is 0. The van der Waals surface area contributed by atoms with Crippen LogP contribution in [0.15, 0.2) is 24.3 Å². The minimum atomic E-state index is 0.976. The van der Waals surface area contributed by atoms with Crippen LogP contribution in [-0.2, 0) is 6.54 Å². The number of hydrazine groups is 1. The molecule has 0 fully saturated rings. The quantitative estimate of drug-likeness (QED) is 0.649. The molecule has 11 heavy (non-hydrogen) atoms. The van der Waals surface area contributed by atoms with Crippen molar-refractivity contribution in [3.8, 4) is 0 Å². The maximum Gasteiger partial charge on any atom is 0.0565 e. The van der Waals surface area contributed by atoms with E-state index < -0.39 is 0 Å². The van der Waals surface area contributed by atoms with Gasteiger partial charge in [-0.1, -0.05) is 18.2 Å². The molecule has 0 saturated carbocycles. The molecular formula is C9H12N2. The number of hydrogen-bond acceptors (Lipinski definition) is 2. The van der Waals surface area contributed by atoms with Crippen molar-refractivity contribution < 1.29 is 0 Å². The monoisotopic (exact) mass is 148 g/mol. The molecule has 1 N–H and O–H groups in total. The maximum absolute atomic E-state index is 3.31. The summed E-state index contributed by atoms with van der Waals surface area (Å²) in [5.74, 6) is 0. The van der Waals surface area contributed by atoms with Gasteiger partial charge in [0.25, 0.3) is 0 Å². The Morgan fingerprint density at radius 3 is 3.09 bits per heavy atom. The van der Waals surface area contributed by atoms with Crippen molar-refractivity contribution in [1.29, 1.82) is 0 Å². The highest BCUT2D eigenvalue weighted by atomic mass is 15.5. The van der Waals surface area contributed by atoms with Gasteiger partial charge in [0.1, 0.15) is 0 Å². The summed E-state index contributed by atoms with van der Waals surface area (Å²) < 4.78 is 0. The minimum absolute atomic E-state index is 0.976. The lowest BCUT2D eigenvalue weighted by molar-refractivity contribution is 0.688. The Morgan fingerprint density at radius 2 is 2.27 bits per heavy atom. The van der Waals surface area contributed by atoms with Crippen molar-refractivity contribution in [1.82, 2.24) is 5.43 Å². The highest BCUT2D eigenvalue weighted by Gasteiger charge is 2.14. The fourth-order valence-corrected chi connectivity index (χ4v) is 1.47. The molecule has 58 valence electrons. The number of fused-ring (bicyclic) bond motifs is 1. The van der Waals surface area contributed by atoms with E-state index in [0.29, 0.717) is 0 Å². The summed E-state index contributed by atoms with van der Waals surface area (Å²) in [6.45, 7) is 4.15. The summed E-state index contributed by atoms with van der Waals surface area (Å²) >= 11 is 0. The van der Waals surface area contributed by atoms with Crippen LogP contribution >= 0.6 is 0 Å². The van der Waals surface area contributed by atoms with E-state index >= 15 is 0 Å². The summed E-state index contributed by atoms with van der Waals surface area (Å²) in [7, 11) is 0. The summed E-state index contributed by atoms with van der Waals surface area (Å²) in [5.41, 5.74) is 6.03. The lowest BCUT2D eigenvalue weighted by Gasteiger charge is -2.15. The van der Waals surface area contributed by atoms with Crippen LogP contribution in [0.25, 0.3) is 0 Å². The molecule has 1 aromatic carbocycles. The molecule has 0 aliphatic carbocycles. The number of anilines is 1. The van der Waals surface area contributed by atoms with Crippen molar-refractivity contribution in [3.05, 3.63) is 29.8 Å². The largest absolute Gasteiger partial charge is 0.308 e. The highest BCUT2D eigenvalue weighted by molar-refractivity contribution is 5.55. The van der Waals surface area contributed by atoms with Crippen LogP contribution in [-0.4, -0.2) is 6.54 Å². The fourth-order valence-electron chi connectivity index (χ4n) is 1.47. The van der Waals surface area contributed by atoms with E-state index in [9.17, 15) is 0 Å². The normalized spacial score (nSPS) is 15.2. The van der Waals surface area contributed by atoms with Gasteiger partial charge in [0.2, 0.25) is 0 Å². The van der Waals surface area contributed by atoms with Crippen molar-refractivity contribution in [2.75, 3.05) is 11.6 Å². The van der Waals surface area contributed by atoms with Crippen LogP contribution in [0.2, 0.25) is 0 Å². The van der Waals surface area contributed by atoms with Crippen LogP contribution in [0.3, 0.4) is 0 Å². The number of rotatable bonds is 1. The van der Waals surface area contributed by atoms with E-state index in [4.69, 9.17) is 0 Å². The van der Waals surface area contributed by atoms with E-state index in [1.54, 1.807) is 0 Å². The van der Waals surface area contributed by atoms with Crippen LogP contribution in [0.4, 0.5) is 5.69 Å². The molecule has 1 aliphatic heterocycles. The van der Waals surface area contributed by atoms with Gasteiger partial charge in [-0.15, -0.1) is 0 Å². The minimum Gasteiger partial charge on any atom is -0.308 e. The molecule has 0 spiro atoms. The number of nitrogens with one attached hydrogen (secondary N) is 1. The maximum atomic E-state index is 3.31. The Hall–Kier alpha value is -1.02. The Balaban J connectivity index is 2.39. The van der Waals surface area contributed by atoms with Crippen LogP contribution in [0, 0.1) is 0 Å². The zero-order valence-corrected chi connectivity index (χ0v) is 6.67. The van der Waals surface area contributed by atoms with Gasteiger partial charge >= 0.3 is 0 Å². The molecule has 0 atom stereocenters. The number of benzene rings is 1. The molecule has 2 rings (SSSR count). The topological polar surface area (TPSA) is 15.3 Å². The summed E-state index contributed by atoms with van der Waals surface area (Å²) in [5, 5.41) is 2.18. The van der Waals surface area contributed by atoms with E-state index in [1.165, 1.54) is 11.3 Å². The molecule has 0 amide bonds. The highest BCUT2D eigenvalue weighted by Crippen LogP contribution is 2.23. The fraction of sp³-hybridized carbons (Fsp3) is 0.333. The second-order valence-electron chi connectivity index (χ2n) is 2.71. The molecule has 1 aromatic rings. The Bertz CT molecular complexity index is 257. The number of nitrogens with zero attached hydrogens (tertiary/aromatic N) is 1. The van der Waals surface area contributed by atoms with Gasteiger partial charge in [-0.05, 0) is 18.6 Å². The molecule has 1 aliphatic rings. The van der Waals surface area contributed by atoms with E-state index in [0.717, 1.165) is 13.1 Å². The average Bonchev–Trinajstić information content (AvgIpc) is 2.47.